The Balaban J connectivity index is 2.37. The number of carbonyl (C=O) groups excluding carboxylic acids is 2. The zero-order chi connectivity index (χ0) is 14.8. The third-order valence-corrected chi connectivity index (χ3v) is 2.65. The normalized spacial score (nSPS) is 11.3. The molecule has 0 bridgehead atoms. The number of Topliss-reactive ketones (excluding diaryl/α,β-unsaturated/α-hetero) is 1. The number of esters is 1. The maximum Gasteiger partial charge on any atom is 0.405 e. The molecule has 0 unspecified atom stereocenters. The highest BCUT2D eigenvalue weighted by Crippen LogP contribution is 2.22. The maximum absolute atomic E-state index is 13.6. The van der Waals surface area contributed by atoms with Crippen LogP contribution in [0.25, 0.3) is 10.9 Å². The first-order valence-electron chi connectivity index (χ1n) is 5.92. The summed E-state index contributed by atoms with van der Waals surface area (Å²) in [4.78, 5) is 26.7. The van der Waals surface area contributed by atoms with E-state index in [4.69, 9.17) is 0 Å². The number of para-hydroxylation sites is 1. The number of hydrogen-bond acceptors (Lipinski definition) is 4. The first-order chi connectivity index (χ1) is 9.46. The van der Waals surface area contributed by atoms with Crippen LogP contribution in [-0.4, -0.2) is 29.3 Å². The fourth-order valence-corrected chi connectivity index (χ4v) is 1.67. The Labute approximate surface area is 113 Å². The highest BCUT2D eigenvalue weighted by atomic mass is 19.3. The Bertz CT molecular complexity index is 670. The fourth-order valence-electron chi connectivity index (χ4n) is 1.67. The quantitative estimate of drug-likeness (QED) is 0.490. The molecule has 2 aromatic rings. The number of halogens is 2. The number of carbonyl (C=O) groups is 2. The van der Waals surface area contributed by atoms with Crippen LogP contribution in [0.2, 0.25) is 0 Å². The number of alkyl halides is 2. The van der Waals surface area contributed by atoms with Gasteiger partial charge >= 0.3 is 11.9 Å². The van der Waals surface area contributed by atoms with E-state index in [-0.39, 0.29) is 6.61 Å². The van der Waals surface area contributed by atoms with E-state index in [2.05, 4.69) is 9.72 Å². The molecule has 2 rings (SSSR count). The molecule has 0 fully saturated rings. The van der Waals surface area contributed by atoms with E-state index in [0.717, 1.165) is 6.07 Å². The number of ether oxygens (including phenoxy) is 1. The van der Waals surface area contributed by atoms with Gasteiger partial charge in [-0.2, -0.15) is 8.78 Å². The van der Waals surface area contributed by atoms with Crippen LogP contribution in [0.1, 0.15) is 17.4 Å². The third-order valence-electron chi connectivity index (χ3n) is 2.65. The number of nitrogens with zero attached hydrogens (tertiary/aromatic N) is 1. The number of aromatic nitrogens is 1. The summed E-state index contributed by atoms with van der Waals surface area (Å²) in [6.45, 7) is 1.15. The second-order valence-electron chi connectivity index (χ2n) is 4.01. The molecule has 0 radical (unpaired) electrons. The van der Waals surface area contributed by atoms with Gasteiger partial charge in [0.05, 0.1) is 12.1 Å². The zero-order valence-electron chi connectivity index (χ0n) is 10.6. The van der Waals surface area contributed by atoms with Crippen LogP contribution in [0.3, 0.4) is 0 Å². The summed E-state index contributed by atoms with van der Waals surface area (Å²) in [5.41, 5.74) is -0.0697. The molecule has 6 heteroatoms. The van der Waals surface area contributed by atoms with E-state index in [1.165, 1.54) is 13.0 Å². The summed E-state index contributed by atoms with van der Waals surface area (Å²) in [6.07, 6.45) is 0. The Morgan fingerprint density at radius 2 is 1.90 bits per heavy atom. The lowest BCUT2D eigenvalue weighted by molar-refractivity contribution is -0.164. The van der Waals surface area contributed by atoms with Crippen LogP contribution >= 0.6 is 0 Å². The molecule has 0 aliphatic rings. The summed E-state index contributed by atoms with van der Waals surface area (Å²) in [5.74, 6) is -7.76. The molecule has 0 spiro atoms. The number of hydrogen-bond donors (Lipinski definition) is 0. The van der Waals surface area contributed by atoms with E-state index < -0.39 is 23.4 Å². The van der Waals surface area contributed by atoms with Crippen molar-refractivity contribution < 1.29 is 23.1 Å². The molecule has 0 aliphatic heterocycles. The standard InChI is InChI=1S/C14H11F2NO3/c1-2-20-13(19)14(15,16)12(18)11-8-7-9-5-3-4-6-10(9)17-11/h3-8H,2H2,1H3. The van der Waals surface area contributed by atoms with E-state index in [1.54, 1.807) is 24.3 Å². The molecule has 1 heterocycles. The first-order valence-corrected chi connectivity index (χ1v) is 5.92. The predicted molar refractivity (Wildman–Crippen MR) is 67.7 cm³/mol. The highest BCUT2D eigenvalue weighted by molar-refractivity contribution is 6.13. The molecule has 1 aromatic heterocycles. The van der Waals surface area contributed by atoms with Gasteiger partial charge in [0.2, 0.25) is 0 Å². The van der Waals surface area contributed by atoms with Crippen LogP contribution in [-0.2, 0) is 9.53 Å². The van der Waals surface area contributed by atoms with Gasteiger partial charge in [-0.25, -0.2) is 9.78 Å². The molecule has 0 saturated carbocycles. The third kappa shape index (κ3) is 2.49. The number of pyridine rings is 1. The summed E-state index contributed by atoms with van der Waals surface area (Å²) in [7, 11) is 0. The van der Waals surface area contributed by atoms with E-state index >= 15 is 0 Å². The smallest absolute Gasteiger partial charge is 0.405 e. The zero-order valence-corrected chi connectivity index (χ0v) is 10.6. The Morgan fingerprint density at radius 3 is 2.60 bits per heavy atom. The van der Waals surface area contributed by atoms with Gasteiger partial charge in [0.1, 0.15) is 5.69 Å². The lowest BCUT2D eigenvalue weighted by Crippen LogP contribution is -2.39. The van der Waals surface area contributed by atoms with Crippen LogP contribution < -0.4 is 0 Å². The van der Waals surface area contributed by atoms with Crippen molar-refractivity contribution >= 4 is 22.7 Å². The van der Waals surface area contributed by atoms with Crippen molar-refractivity contribution in [2.45, 2.75) is 12.8 Å². The average Bonchev–Trinajstić information content (AvgIpc) is 2.46. The van der Waals surface area contributed by atoms with Gasteiger partial charge < -0.3 is 4.74 Å². The summed E-state index contributed by atoms with van der Waals surface area (Å²) < 4.78 is 31.4. The number of rotatable bonds is 4. The molecule has 20 heavy (non-hydrogen) atoms. The second-order valence-corrected chi connectivity index (χ2v) is 4.01. The molecule has 0 aliphatic carbocycles. The summed E-state index contributed by atoms with van der Waals surface area (Å²) >= 11 is 0. The minimum Gasteiger partial charge on any atom is -0.461 e. The Hall–Kier alpha value is -2.37. The van der Waals surface area contributed by atoms with Crippen molar-refractivity contribution in [1.82, 2.24) is 4.98 Å². The molecule has 0 amide bonds. The van der Waals surface area contributed by atoms with Gasteiger partial charge in [0.15, 0.2) is 0 Å². The number of fused-ring (bicyclic) bond motifs is 1. The van der Waals surface area contributed by atoms with Crippen molar-refractivity contribution in [2.24, 2.45) is 0 Å². The molecular weight excluding hydrogens is 268 g/mol. The van der Waals surface area contributed by atoms with Crippen molar-refractivity contribution in [3.8, 4) is 0 Å². The maximum atomic E-state index is 13.6. The SMILES string of the molecule is CCOC(=O)C(F)(F)C(=O)c1ccc2ccccc2n1. The lowest BCUT2D eigenvalue weighted by Gasteiger charge is -2.13. The summed E-state index contributed by atoms with van der Waals surface area (Å²) in [6, 6.07) is 9.43. The lowest BCUT2D eigenvalue weighted by atomic mass is 10.1. The first kappa shape index (κ1) is 14.0. The second kappa shape index (κ2) is 5.32. The van der Waals surface area contributed by atoms with Gasteiger partial charge in [-0.05, 0) is 19.1 Å². The van der Waals surface area contributed by atoms with Gasteiger partial charge in [-0.15, -0.1) is 0 Å². The fraction of sp³-hybridized carbons (Fsp3) is 0.214. The predicted octanol–water partition coefficient (Wildman–Crippen LogP) is 2.62. The minimum atomic E-state index is -4.23. The minimum absolute atomic E-state index is 0.229. The van der Waals surface area contributed by atoms with Crippen molar-refractivity contribution in [3.63, 3.8) is 0 Å². The van der Waals surface area contributed by atoms with Crippen LogP contribution in [0.15, 0.2) is 36.4 Å². The van der Waals surface area contributed by atoms with E-state index in [9.17, 15) is 18.4 Å². The monoisotopic (exact) mass is 279 g/mol. The Morgan fingerprint density at radius 1 is 1.20 bits per heavy atom. The largest absolute Gasteiger partial charge is 0.461 e. The van der Waals surface area contributed by atoms with Gasteiger partial charge in [0, 0.05) is 5.39 Å². The average molecular weight is 279 g/mol. The van der Waals surface area contributed by atoms with Crippen molar-refractivity contribution in [3.05, 3.63) is 42.1 Å². The van der Waals surface area contributed by atoms with Gasteiger partial charge in [0.25, 0.3) is 5.78 Å². The number of ketones is 1. The molecule has 1 aromatic carbocycles. The number of benzene rings is 1. The molecule has 0 N–H and O–H groups in total. The molecule has 104 valence electrons. The van der Waals surface area contributed by atoms with Crippen LogP contribution in [0.5, 0.6) is 0 Å². The van der Waals surface area contributed by atoms with Crippen molar-refractivity contribution in [1.29, 1.82) is 0 Å². The van der Waals surface area contributed by atoms with E-state index in [0.29, 0.717) is 10.9 Å². The topological polar surface area (TPSA) is 56.3 Å². The molecule has 0 atom stereocenters. The van der Waals surface area contributed by atoms with Crippen LogP contribution in [0.4, 0.5) is 8.78 Å². The van der Waals surface area contributed by atoms with E-state index in [1.807, 2.05) is 0 Å². The van der Waals surface area contributed by atoms with Crippen LogP contribution in [0, 0.1) is 0 Å². The van der Waals surface area contributed by atoms with Gasteiger partial charge in [-0.1, -0.05) is 24.3 Å². The molecule has 4 nitrogen and oxygen atoms in total. The van der Waals surface area contributed by atoms with Gasteiger partial charge in [-0.3, -0.25) is 4.79 Å². The molecular formula is C14H11F2NO3. The summed E-state index contributed by atoms with van der Waals surface area (Å²) in [5, 5.41) is 0.712. The highest BCUT2D eigenvalue weighted by Gasteiger charge is 2.49. The Kier molecular flexibility index (Phi) is 3.74. The molecule has 0 saturated heterocycles. The van der Waals surface area contributed by atoms with Crippen molar-refractivity contribution in [2.75, 3.05) is 6.61 Å².